The number of nitrogens with one attached hydrogen (secondary N) is 2. The van der Waals surface area contributed by atoms with Crippen molar-refractivity contribution < 1.29 is 14.6 Å². The standard InChI is InChI=1S/C22H22N2O3/c25-20(17-9-3-1-4-10-17)16-24-22(26)23-15-18-11-7-8-14-21(18)27-19-12-5-2-6-13-19/h1-14,20,25H,15-16H2,(H2,23,24,26). The van der Waals surface area contributed by atoms with E-state index < -0.39 is 6.10 Å². The Labute approximate surface area is 158 Å². The zero-order chi connectivity index (χ0) is 18.9. The van der Waals surface area contributed by atoms with E-state index in [1.807, 2.05) is 84.9 Å². The quantitative estimate of drug-likeness (QED) is 0.595. The molecular formula is C22H22N2O3. The first kappa shape index (κ1) is 18.5. The summed E-state index contributed by atoms with van der Waals surface area (Å²) in [6.45, 7) is 0.453. The van der Waals surface area contributed by atoms with E-state index in [1.54, 1.807) is 0 Å². The summed E-state index contributed by atoms with van der Waals surface area (Å²) in [4.78, 5) is 12.0. The molecule has 0 aromatic heterocycles. The number of aliphatic hydroxyl groups is 1. The van der Waals surface area contributed by atoms with Crippen LogP contribution in [0.5, 0.6) is 11.5 Å². The second-order valence-electron chi connectivity index (χ2n) is 6.01. The maximum absolute atomic E-state index is 12.0. The van der Waals surface area contributed by atoms with Crippen molar-refractivity contribution in [3.8, 4) is 11.5 Å². The van der Waals surface area contributed by atoms with Crippen LogP contribution < -0.4 is 15.4 Å². The number of carbonyl (C=O) groups is 1. The van der Waals surface area contributed by atoms with Gasteiger partial charge in [0, 0.05) is 18.7 Å². The minimum Gasteiger partial charge on any atom is -0.457 e. The van der Waals surface area contributed by atoms with Crippen LogP contribution in [0.1, 0.15) is 17.2 Å². The number of ether oxygens (including phenoxy) is 1. The summed E-state index contributed by atoms with van der Waals surface area (Å²) in [6, 6.07) is 25.9. The normalized spacial score (nSPS) is 11.4. The molecule has 0 fully saturated rings. The van der Waals surface area contributed by atoms with E-state index in [0.717, 1.165) is 16.9 Å². The minimum atomic E-state index is -0.745. The fraction of sp³-hybridized carbons (Fsp3) is 0.136. The molecule has 1 atom stereocenters. The SMILES string of the molecule is O=C(NCc1ccccc1Oc1ccccc1)NCC(O)c1ccccc1. The van der Waals surface area contributed by atoms with Crippen molar-refractivity contribution in [3.05, 3.63) is 96.1 Å². The minimum absolute atomic E-state index is 0.137. The molecule has 0 saturated carbocycles. The average molecular weight is 362 g/mol. The molecule has 0 heterocycles. The maximum atomic E-state index is 12.0. The van der Waals surface area contributed by atoms with E-state index in [-0.39, 0.29) is 12.6 Å². The highest BCUT2D eigenvalue weighted by atomic mass is 16.5. The van der Waals surface area contributed by atoms with Crippen LogP contribution in [0.15, 0.2) is 84.9 Å². The first-order valence-electron chi connectivity index (χ1n) is 8.78. The Hall–Kier alpha value is -3.31. The Bertz CT molecular complexity index is 854. The summed E-state index contributed by atoms with van der Waals surface area (Å²) in [6.07, 6.45) is -0.745. The van der Waals surface area contributed by atoms with Crippen LogP contribution in [0.3, 0.4) is 0 Å². The number of hydrogen-bond acceptors (Lipinski definition) is 3. The Kier molecular flexibility index (Phi) is 6.44. The zero-order valence-electron chi connectivity index (χ0n) is 14.8. The zero-order valence-corrected chi connectivity index (χ0v) is 14.8. The largest absolute Gasteiger partial charge is 0.457 e. The number of aliphatic hydroxyl groups excluding tert-OH is 1. The van der Waals surface area contributed by atoms with Gasteiger partial charge in [0.05, 0.1) is 6.10 Å². The van der Waals surface area contributed by atoms with Crippen LogP contribution in [0.4, 0.5) is 4.79 Å². The highest BCUT2D eigenvalue weighted by Crippen LogP contribution is 2.24. The summed E-state index contributed by atoms with van der Waals surface area (Å²) in [5, 5.41) is 15.6. The van der Waals surface area contributed by atoms with Gasteiger partial charge in [0.15, 0.2) is 0 Å². The first-order chi connectivity index (χ1) is 13.2. The van der Waals surface area contributed by atoms with Crippen molar-refractivity contribution in [2.24, 2.45) is 0 Å². The number of para-hydroxylation sites is 2. The lowest BCUT2D eigenvalue weighted by Crippen LogP contribution is -2.37. The van der Waals surface area contributed by atoms with Crippen LogP contribution in [0.25, 0.3) is 0 Å². The second-order valence-corrected chi connectivity index (χ2v) is 6.01. The molecule has 3 aromatic carbocycles. The molecule has 0 radical (unpaired) electrons. The molecule has 0 aliphatic heterocycles. The molecule has 0 aliphatic carbocycles. The van der Waals surface area contributed by atoms with Crippen LogP contribution in [-0.4, -0.2) is 17.7 Å². The van der Waals surface area contributed by atoms with Gasteiger partial charge in [0.1, 0.15) is 11.5 Å². The summed E-state index contributed by atoms with van der Waals surface area (Å²) < 4.78 is 5.89. The van der Waals surface area contributed by atoms with Gasteiger partial charge in [-0.05, 0) is 23.8 Å². The third kappa shape index (κ3) is 5.59. The first-order valence-corrected chi connectivity index (χ1v) is 8.78. The van der Waals surface area contributed by atoms with Crippen molar-refractivity contribution in [1.82, 2.24) is 10.6 Å². The van der Waals surface area contributed by atoms with Crippen molar-refractivity contribution in [1.29, 1.82) is 0 Å². The molecule has 0 saturated heterocycles. The van der Waals surface area contributed by atoms with E-state index in [9.17, 15) is 9.90 Å². The molecule has 0 bridgehead atoms. The predicted octanol–water partition coefficient (Wildman–Crippen LogP) is 4.01. The molecule has 5 nitrogen and oxygen atoms in total. The van der Waals surface area contributed by atoms with E-state index in [4.69, 9.17) is 4.74 Å². The third-order valence-corrected chi connectivity index (χ3v) is 4.02. The van der Waals surface area contributed by atoms with Crippen LogP contribution in [0.2, 0.25) is 0 Å². The lowest BCUT2D eigenvalue weighted by atomic mass is 10.1. The number of benzene rings is 3. The maximum Gasteiger partial charge on any atom is 0.315 e. The lowest BCUT2D eigenvalue weighted by molar-refractivity contribution is 0.173. The Morgan fingerprint density at radius 2 is 1.48 bits per heavy atom. The number of rotatable bonds is 7. The van der Waals surface area contributed by atoms with Gasteiger partial charge in [-0.15, -0.1) is 0 Å². The van der Waals surface area contributed by atoms with E-state index >= 15 is 0 Å². The molecule has 1 unspecified atom stereocenters. The molecular weight excluding hydrogens is 340 g/mol. The van der Waals surface area contributed by atoms with Crippen molar-refractivity contribution in [2.45, 2.75) is 12.6 Å². The smallest absolute Gasteiger partial charge is 0.315 e. The van der Waals surface area contributed by atoms with E-state index in [2.05, 4.69) is 10.6 Å². The van der Waals surface area contributed by atoms with E-state index in [0.29, 0.717) is 12.3 Å². The van der Waals surface area contributed by atoms with Crippen molar-refractivity contribution >= 4 is 6.03 Å². The predicted molar refractivity (Wildman–Crippen MR) is 105 cm³/mol. The molecule has 3 rings (SSSR count). The van der Waals surface area contributed by atoms with Crippen LogP contribution in [0, 0.1) is 0 Å². The summed E-state index contributed by atoms with van der Waals surface area (Å²) in [5.41, 5.74) is 1.62. The molecule has 3 aromatic rings. The highest BCUT2D eigenvalue weighted by Gasteiger charge is 2.10. The average Bonchev–Trinajstić information content (AvgIpc) is 2.73. The molecule has 0 spiro atoms. The highest BCUT2D eigenvalue weighted by molar-refractivity contribution is 5.74. The van der Waals surface area contributed by atoms with E-state index in [1.165, 1.54) is 0 Å². The van der Waals surface area contributed by atoms with Crippen molar-refractivity contribution in [3.63, 3.8) is 0 Å². The van der Waals surface area contributed by atoms with Gasteiger partial charge >= 0.3 is 6.03 Å². The van der Waals surface area contributed by atoms with Gasteiger partial charge in [-0.2, -0.15) is 0 Å². The van der Waals surface area contributed by atoms with Gasteiger partial charge in [-0.3, -0.25) is 0 Å². The second kappa shape index (κ2) is 9.40. The van der Waals surface area contributed by atoms with Crippen LogP contribution in [-0.2, 0) is 6.54 Å². The summed E-state index contributed by atoms with van der Waals surface area (Å²) >= 11 is 0. The number of urea groups is 1. The third-order valence-electron chi connectivity index (χ3n) is 4.02. The monoisotopic (exact) mass is 362 g/mol. The molecule has 2 amide bonds. The van der Waals surface area contributed by atoms with Crippen LogP contribution >= 0.6 is 0 Å². The molecule has 3 N–H and O–H groups in total. The Morgan fingerprint density at radius 1 is 0.852 bits per heavy atom. The van der Waals surface area contributed by atoms with Gasteiger partial charge in [0.2, 0.25) is 0 Å². The number of hydrogen-bond donors (Lipinski definition) is 3. The van der Waals surface area contributed by atoms with Crippen molar-refractivity contribution in [2.75, 3.05) is 6.54 Å². The fourth-order valence-corrected chi connectivity index (χ4v) is 2.59. The Balaban J connectivity index is 1.52. The Morgan fingerprint density at radius 3 is 2.22 bits per heavy atom. The summed E-state index contributed by atoms with van der Waals surface area (Å²) in [5.74, 6) is 1.42. The topological polar surface area (TPSA) is 70.6 Å². The number of amides is 2. The lowest BCUT2D eigenvalue weighted by Gasteiger charge is -2.14. The van der Waals surface area contributed by atoms with Gasteiger partial charge < -0.3 is 20.5 Å². The molecule has 138 valence electrons. The van der Waals surface area contributed by atoms with Gasteiger partial charge in [0.25, 0.3) is 0 Å². The number of carbonyl (C=O) groups excluding carboxylic acids is 1. The molecule has 0 aliphatic rings. The van der Waals surface area contributed by atoms with Gasteiger partial charge in [-0.1, -0.05) is 66.7 Å². The summed E-state index contributed by atoms with van der Waals surface area (Å²) in [7, 11) is 0. The molecule has 27 heavy (non-hydrogen) atoms. The molecule has 5 heteroatoms. The fourth-order valence-electron chi connectivity index (χ4n) is 2.59. The van der Waals surface area contributed by atoms with Gasteiger partial charge in [-0.25, -0.2) is 4.79 Å².